The quantitative estimate of drug-likeness (QED) is 0.0357. The Morgan fingerprint density at radius 2 is 1.06 bits per heavy atom. The van der Waals surface area contributed by atoms with Gasteiger partial charge in [0.1, 0.15) is 63.0 Å². The number of aliphatic carboxylic acids is 7. The summed E-state index contributed by atoms with van der Waals surface area (Å²) in [5, 5.41) is 71.3. The molecule has 0 saturated heterocycles. The minimum Gasteiger partial charge on any atom is -0.481 e. The number of amides is 5. The van der Waals surface area contributed by atoms with Gasteiger partial charge in [-0.05, 0) is 25.7 Å². The molecule has 1 aliphatic rings. The van der Waals surface area contributed by atoms with Crippen molar-refractivity contribution in [2.45, 2.75) is 76.8 Å². The molecule has 0 fully saturated rings. The molecular weight excluding hydrogens is 872 g/mol. The maximum absolute atomic E-state index is 13.1. The molecule has 28 nitrogen and oxygen atoms in total. The maximum Gasteiger partial charge on any atom is 0.326 e. The normalized spacial score (nSPS) is 13.7. The van der Waals surface area contributed by atoms with Gasteiger partial charge in [-0.15, -0.1) is 0 Å². The van der Waals surface area contributed by atoms with Crippen LogP contribution in [0.1, 0.15) is 50.2 Å². The van der Waals surface area contributed by atoms with E-state index < -0.39 is 136 Å². The standard InChI is InChI=1S/C37H48N10O18/c48-27(46(17-30(52)53)18-31(54)55)15-43-9-7-38-25(43)13-45(14-26-39-8-10-44(26)16-28(49)47(19-32(56)57)20-33(58)59)22-11-21(12-22)34(60)40-6-2-1-3-23(35(61)62)41-37(65)42-24(36(63)64)4-5-29(50)51/h7-11,21,23-24H,1-6,12-20H2,(H,40,60)(H,50,51)(H,52,53)(H,54,55)(H,56,57)(H,58,59)(H,61,62)(H,63,64)(H2,41,42,65)/t21?,23-,24-/m0/s1. The number of hydrogen-bond acceptors (Lipinski definition) is 14. The number of allylic oxidation sites excluding steroid dienone is 1. The van der Waals surface area contributed by atoms with Crippen molar-refractivity contribution in [3.8, 4) is 0 Å². The van der Waals surface area contributed by atoms with Crippen molar-refractivity contribution >= 4 is 65.5 Å². The van der Waals surface area contributed by atoms with Gasteiger partial charge < -0.3 is 75.5 Å². The lowest BCUT2D eigenvalue weighted by Gasteiger charge is -2.35. The fourth-order valence-corrected chi connectivity index (χ4v) is 6.26. The summed E-state index contributed by atoms with van der Waals surface area (Å²) in [6, 6.07) is -4.14. The first kappa shape index (κ1) is 51.3. The first-order valence-electron chi connectivity index (χ1n) is 19.5. The average Bonchev–Trinajstić information content (AvgIpc) is 3.81. The van der Waals surface area contributed by atoms with Gasteiger partial charge in [0.2, 0.25) is 17.7 Å². The van der Waals surface area contributed by atoms with Gasteiger partial charge in [0.05, 0.1) is 19.0 Å². The number of aromatic nitrogens is 4. The lowest BCUT2D eigenvalue weighted by molar-refractivity contribution is -0.150. The Morgan fingerprint density at radius 3 is 1.46 bits per heavy atom. The minimum absolute atomic E-state index is 0.0840. The van der Waals surface area contributed by atoms with Crippen LogP contribution in [0.25, 0.3) is 0 Å². The molecule has 0 radical (unpaired) electrons. The third-order valence-corrected chi connectivity index (χ3v) is 9.53. The zero-order chi connectivity index (χ0) is 48.4. The number of unbranched alkanes of at least 4 members (excludes halogenated alkanes) is 1. The van der Waals surface area contributed by atoms with E-state index >= 15 is 0 Å². The summed E-state index contributed by atoms with van der Waals surface area (Å²) in [6.07, 6.45) is 6.60. The Bertz CT molecular complexity index is 2030. The highest BCUT2D eigenvalue weighted by Gasteiger charge is 2.32. The number of nitrogens with one attached hydrogen (secondary N) is 3. The Kier molecular flexibility index (Phi) is 19.4. The zero-order valence-corrected chi connectivity index (χ0v) is 34.5. The third-order valence-electron chi connectivity index (χ3n) is 9.53. The van der Waals surface area contributed by atoms with Crippen molar-refractivity contribution in [1.29, 1.82) is 0 Å². The van der Waals surface area contributed by atoms with Crippen molar-refractivity contribution in [2.24, 2.45) is 5.92 Å². The fraction of sp³-hybridized carbons (Fsp3) is 0.486. The summed E-state index contributed by atoms with van der Waals surface area (Å²) in [7, 11) is 0. The largest absolute Gasteiger partial charge is 0.481 e. The number of rotatable bonds is 30. The van der Waals surface area contributed by atoms with Crippen LogP contribution in [0, 0.1) is 5.92 Å². The highest BCUT2D eigenvalue weighted by atomic mass is 16.4. The monoisotopic (exact) mass is 920 g/mol. The second-order valence-corrected chi connectivity index (χ2v) is 14.5. The number of carboxylic acid groups (broad SMARTS) is 7. The number of carboxylic acids is 7. The van der Waals surface area contributed by atoms with Gasteiger partial charge >= 0.3 is 47.8 Å². The van der Waals surface area contributed by atoms with Crippen LogP contribution in [0.2, 0.25) is 0 Å². The van der Waals surface area contributed by atoms with Crippen LogP contribution >= 0.6 is 0 Å². The van der Waals surface area contributed by atoms with Crippen molar-refractivity contribution in [3.05, 3.63) is 48.2 Å². The van der Waals surface area contributed by atoms with Gasteiger partial charge in [-0.1, -0.05) is 6.08 Å². The molecule has 0 spiro atoms. The van der Waals surface area contributed by atoms with Gasteiger partial charge in [0.25, 0.3) is 0 Å². The van der Waals surface area contributed by atoms with Crippen molar-refractivity contribution in [3.63, 3.8) is 0 Å². The second kappa shape index (κ2) is 24.5. The lowest BCUT2D eigenvalue weighted by Crippen LogP contribution is -2.51. The van der Waals surface area contributed by atoms with Gasteiger partial charge in [0.15, 0.2) is 0 Å². The topological polar surface area (TPSA) is 411 Å². The minimum atomic E-state index is -1.58. The molecule has 28 heteroatoms. The van der Waals surface area contributed by atoms with Crippen LogP contribution in [0.5, 0.6) is 0 Å². The van der Waals surface area contributed by atoms with E-state index in [1.54, 1.807) is 11.0 Å². The number of imidazole rings is 2. The van der Waals surface area contributed by atoms with E-state index in [1.807, 2.05) is 5.32 Å². The lowest BCUT2D eigenvalue weighted by atomic mass is 9.89. The predicted molar refractivity (Wildman–Crippen MR) is 212 cm³/mol. The molecule has 1 unspecified atom stereocenters. The molecule has 0 aliphatic heterocycles. The highest BCUT2D eigenvalue weighted by molar-refractivity contribution is 5.87. The van der Waals surface area contributed by atoms with Crippen LogP contribution < -0.4 is 16.0 Å². The fourth-order valence-electron chi connectivity index (χ4n) is 6.26. The molecule has 2 aromatic rings. The number of urea groups is 1. The Labute approximate surface area is 367 Å². The van der Waals surface area contributed by atoms with Crippen LogP contribution in [0.3, 0.4) is 0 Å². The van der Waals surface area contributed by atoms with Crippen LogP contribution in [-0.4, -0.2) is 180 Å². The van der Waals surface area contributed by atoms with Crippen molar-refractivity contribution in [1.82, 2.24) is 49.8 Å². The molecule has 5 amide bonds. The molecule has 0 saturated carbocycles. The zero-order valence-electron chi connectivity index (χ0n) is 34.5. The number of hydrogen-bond donors (Lipinski definition) is 10. The highest BCUT2D eigenvalue weighted by Crippen LogP contribution is 2.31. The van der Waals surface area contributed by atoms with Crippen molar-refractivity contribution < 1.29 is 88.5 Å². The predicted octanol–water partition coefficient (Wildman–Crippen LogP) is -2.66. The molecule has 0 bridgehead atoms. The summed E-state index contributed by atoms with van der Waals surface area (Å²) < 4.78 is 2.71. The number of carbonyl (C=O) groups is 11. The molecule has 2 aromatic heterocycles. The van der Waals surface area contributed by atoms with E-state index in [1.165, 1.54) is 33.9 Å². The Hall–Kier alpha value is -8.07. The third kappa shape index (κ3) is 17.3. The molecule has 0 aromatic carbocycles. The first-order chi connectivity index (χ1) is 30.6. The summed E-state index contributed by atoms with van der Waals surface area (Å²) in [4.78, 5) is 142. The first-order valence-corrected chi connectivity index (χ1v) is 19.5. The van der Waals surface area contributed by atoms with E-state index in [2.05, 4.69) is 20.6 Å². The molecule has 1 aliphatic carbocycles. The van der Waals surface area contributed by atoms with Crippen molar-refractivity contribution in [2.75, 3.05) is 32.7 Å². The molecular formula is C37H48N10O18. The number of nitrogens with zero attached hydrogens (tertiary/aromatic N) is 7. The second-order valence-electron chi connectivity index (χ2n) is 14.5. The SMILES string of the molecule is O=C(O)CC[C@H](NC(=O)N[C@@H](CCCCNC(=O)C1C=C(N(Cc2nccn2CC(=O)N(CC(=O)O)CC(=O)O)Cc2nccn2CC(=O)N(CC(=O)O)CC(=O)O)C1)C(=O)O)C(=O)O. The molecule has 2 heterocycles. The van der Waals surface area contributed by atoms with Crippen LogP contribution in [0.15, 0.2) is 36.6 Å². The number of carbonyl (C=O) groups excluding carboxylic acids is 4. The van der Waals surface area contributed by atoms with Crippen LogP contribution in [0.4, 0.5) is 4.79 Å². The smallest absolute Gasteiger partial charge is 0.326 e. The molecule has 3 rings (SSSR count). The van der Waals surface area contributed by atoms with Gasteiger partial charge in [-0.3, -0.25) is 38.4 Å². The van der Waals surface area contributed by atoms with E-state index in [4.69, 9.17) is 5.11 Å². The average molecular weight is 921 g/mol. The Morgan fingerprint density at radius 1 is 0.631 bits per heavy atom. The maximum atomic E-state index is 13.1. The van der Waals surface area contributed by atoms with Gasteiger partial charge in [0, 0.05) is 49.9 Å². The molecule has 10 N–H and O–H groups in total. The molecule has 3 atom stereocenters. The summed E-state index contributed by atoms with van der Waals surface area (Å²) in [5.41, 5.74) is 0.561. The summed E-state index contributed by atoms with van der Waals surface area (Å²) >= 11 is 0. The van der Waals surface area contributed by atoms with E-state index in [0.717, 1.165) is 0 Å². The van der Waals surface area contributed by atoms with Crippen LogP contribution in [-0.2, 0) is 74.1 Å². The molecule has 354 valence electrons. The van der Waals surface area contributed by atoms with E-state index in [9.17, 15) is 83.4 Å². The van der Waals surface area contributed by atoms with Gasteiger partial charge in [-0.2, -0.15) is 0 Å². The summed E-state index contributed by atoms with van der Waals surface area (Å²) in [5.74, 6) is -12.3. The molecule has 65 heavy (non-hydrogen) atoms. The van der Waals surface area contributed by atoms with E-state index in [-0.39, 0.29) is 57.0 Å². The Balaban J connectivity index is 1.72. The van der Waals surface area contributed by atoms with Gasteiger partial charge in [-0.25, -0.2) is 24.4 Å². The summed E-state index contributed by atoms with van der Waals surface area (Å²) in [6.45, 7) is -4.62. The van der Waals surface area contributed by atoms with E-state index in [0.29, 0.717) is 15.5 Å².